The van der Waals surface area contributed by atoms with E-state index in [1.54, 1.807) is 0 Å². The van der Waals surface area contributed by atoms with Crippen LogP contribution in [0, 0.1) is 6.92 Å². The molecule has 62 valence electrons. The van der Waals surface area contributed by atoms with Gasteiger partial charge in [-0.05, 0) is 32.0 Å². The molecule has 1 aromatic heterocycles. The van der Waals surface area contributed by atoms with Crippen LogP contribution in [-0.4, -0.2) is 6.54 Å². The van der Waals surface area contributed by atoms with Gasteiger partial charge in [0.2, 0.25) is 0 Å². The van der Waals surface area contributed by atoms with Gasteiger partial charge in [0.25, 0.3) is 0 Å². The molecule has 2 nitrogen and oxygen atoms in total. The summed E-state index contributed by atoms with van der Waals surface area (Å²) in [5.41, 5.74) is 0. The lowest BCUT2D eigenvalue weighted by Crippen LogP contribution is -2.34. The van der Waals surface area contributed by atoms with Crippen molar-refractivity contribution >= 4 is 12.4 Å². The minimum absolute atomic E-state index is 0. The number of hydrogen-bond donors (Lipinski definition) is 1. The maximum Gasteiger partial charge on any atom is 0.121 e. The molecule has 0 saturated carbocycles. The smallest absolute Gasteiger partial charge is 0.121 e. The molecule has 0 unspecified atom stereocenters. The Morgan fingerprint density at radius 3 is 2.64 bits per heavy atom. The van der Waals surface area contributed by atoms with E-state index in [0.717, 1.165) is 18.1 Å². The fraction of sp³-hybridized carbons (Fsp3) is 0.500. The number of rotatable bonds is 1. The van der Waals surface area contributed by atoms with Crippen molar-refractivity contribution in [3.8, 4) is 0 Å². The summed E-state index contributed by atoms with van der Waals surface area (Å²) in [5.74, 6) is 2.09. The van der Waals surface area contributed by atoms with Gasteiger partial charge in [-0.2, -0.15) is 0 Å². The van der Waals surface area contributed by atoms with Crippen molar-refractivity contribution in [1.82, 2.24) is 5.32 Å². The number of nitrogens with one attached hydrogen (secondary N) is 1. The molecule has 3 heteroatoms. The minimum Gasteiger partial charge on any atom is -0.465 e. The summed E-state index contributed by atoms with van der Waals surface area (Å²) in [6, 6.07) is 4.55. The summed E-state index contributed by atoms with van der Waals surface area (Å²) in [6.45, 7) is 3.10. The van der Waals surface area contributed by atoms with Crippen LogP contribution in [0.5, 0.6) is 0 Å². The Balaban J connectivity index is 0.000000605. The molecule has 1 aliphatic rings. The zero-order chi connectivity index (χ0) is 6.97. The van der Waals surface area contributed by atoms with Crippen LogP contribution in [0.25, 0.3) is 0 Å². The van der Waals surface area contributed by atoms with Crippen molar-refractivity contribution in [3.05, 3.63) is 23.7 Å². The van der Waals surface area contributed by atoms with E-state index in [9.17, 15) is 0 Å². The number of hydrogen-bond acceptors (Lipinski definition) is 2. The Kier molecular flexibility index (Phi) is 2.58. The molecular weight excluding hydrogens is 162 g/mol. The van der Waals surface area contributed by atoms with Gasteiger partial charge in [0.05, 0.1) is 6.04 Å². The highest BCUT2D eigenvalue weighted by molar-refractivity contribution is 5.85. The molecule has 1 atom stereocenters. The lowest BCUT2D eigenvalue weighted by atomic mass is 10.1. The lowest BCUT2D eigenvalue weighted by molar-refractivity contribution is 0.314. The van der Waals surface area contributed by atoms with Gasteiger partial charge < -0.3 is 9.73 Å². The highest BCUT2D eigenvalue weighted by atomic mass is 35.5. The standard InChI is InChI=1S/C8H11NO.ClH/c1-6-2-3-8(10-6)7-4-5-9-7;/h2-3,7,9H,4-5H2,1H3;1H/t7-;/m0./s1. The van der Waals surface area contributed by atoms with Crippen LogP contribution in [0.2, 0.25) is 0 Å². The van der Waals surface area contributed by atoms with Gasteiger partial charge in [-0.15, -0.1) is 12.4 Å². The Morgan fingerprint density at radius 1 is 1.55 bits per heavy atom. The van der Waals surface area contributed by atoms with E-state index < -0.39 is 0 Å². The molecule has 1 aromatic rings. The van der Waals surface area contributed by atoms with E-state index in [0.29, 0.717) is 6.04 Å². The first-order valence-corrected chi connectivity index (χ1v) is 3.66. The summed E-state index contributed by atoms with van der Waals surface area (Å²) in [4.78, 5) is 0. The Bertz CT molecular complexity index is 230. The maximum atomic E-state index is 5.42. The molecular formula is C8H12ClNO. The van der Waals surface area contributed by atoms with Crippen molar-refractivity contribution in [1.29, 1.82) is 0 Å². The van der Waals surface area contributed by atoms with Crippen molar-refractivity contribution < 1.29 is 4.42 Å². The fourth-order valence-corrected chi connectivity index (χ4v) is 1.17. The second-order valence-corrected chi connectivity index (χ2v) is 2.74. The quantitative estimate of drug-likeness (QED) is 0.703. The monoisotopic (exact) mass is 173 g/mol. The van der Waals surface area contributed by atoms with Gasteiger partial charge in [-0.25, -0.2) is 0 Å². The third-order valence-electron chi connectivity index (χ3n) is 1.93. The average molecular weight is 174 g/mol. The molecule has 11 heavy (non-hydrogen) atoms. The van der Waals surface area contributed by atoms with Gasteiger partial charge in [0.1, 0.15) is 11.5 Å². The van der Waals surface area contributed by atoms with Crippen LogP contribution in [0.15, 0.2) is 16.5 Å². The first kappa shape index (κ1) is 8.62. The molecule has 0 amide bonds. The molecule has 1 saturated heterocycles. The van der Waals surface area contributed by atoms with Crippen LogP contribution in [0.3, 0.4) is 0 Å². The number of aryl methyl sites for hydroxylation is 1. The molecule has 0 aromatic carbocycles. The number of halogens is 1. The van der Waals surface area contributed by atoms with Crippen molar-refractivity contribution in [2.24, 2.45) is 0 Å². The van der Waals surface area contributed by atoms with E-state index in [4.69, 9.17) is 4.42 Å². The third kappa shape index (κ3) is 1.57. The predicted molar refractivity (Wildman–Crippen MR) is 46.1 cm³/mol. The van der Waals surface area contributed by atoms with E-state index in [1.165, 1.54) is 6.42 Å². The van der Waals surface area contributed by atoms with E-state index >= 15 is 0 Å². The maximum absolute atomic E-state index is 5.42. The minimum atomic E-state index is 0. The van der Waals surface area contributed by atoms with Gasteiger partial charge in [-0.3, -0.25) is 0 Å². The van der Waals surface area contributed by atoms with Crippen LogP contribution in [0.1, 0.15) is 24.0 Å². The summed E-state index contributed by atoms with van der Waals surface area (Å²) < 4.78 is 5.42. The summed E-state index contributed by atoms with van der Waals surface area (Å²) in [6.07, 6.45) is 1.22. The Labute approximate surface area is 72.4 Å². The zero-order valence-electron chi connectivity index (χ0n) is 6.46. The van der Waals surface area contributed by atoms with Gasteiger partial charge in [0.15, 0.2) is 0 Å². The third-order valence-corrected chi connectivity index (χ3v) is 1.93. The molecule has 1 N–H and O–H groups in total. The molecule has 2 rings (SSSR count). The van der Waals surface area contributed by atoms with Crippen molar-refractivity contribution in [3.63, 3.8) is 0 Å². The molecule has 0 bridgehead atoms. The van der Waals surface area contributed by atoms with Crippen molar-refractivity contribution in [2.75, 3.05) is 6.54 Å². The van der Waals surface area contributed by atoms with Gasteiger partial charge >= 0.3 is 0 Å². The Hall–Kier alpha value is -0.470. The second-order valence-electron chi connectivity index (χ2n) is 2.74. The van der Waals surface area contributed by atoms with E-state index in [1.807, 2.05) is 19.1 Å². The Morgan fingerprint density at radius 2 is 2.27 bits per heavy atom. The fourth-order valence-electron chi connectivity index (χ4n) is 1.17. The SMILES string of the molecule is Cc1ccc([C@@H]2CCN2)o1.Cl. The first-order chi connectivity index (χ1) is 4.86. The molecule has 1 fully saturated rings. The molecule has 0 radical (unpaired) electrons. The molecule has 2 heterocycles. The molecule has 1 aliphatic heterocycles. The highest BCUT2D eigenvalue weighted by Crippen LogP contribution is 2.23. The van der Waals surface area contributed by atoms with Crippen LogP contribution in [-0.2, 0) is 0 Å². The van der Waals surface area contributed by atoms with Gasteiger partial charge in [0, 0.05) is 0 Å². The van der Waals surface area contributed by atoms with Crippen LogP contribution in [0.4, 0.5) is 0 Å². The summed E-state index contributed by atoms with van der Waals surface area (Å²) >= 11 is 0. The van der Waals surface area contributed by atoms with Crippen molar-refractivity contribution in [2.45, 2.75) is 19.4 Å². The van der Waals surface area contributed by atoms with E-state index in [2.05, 4.69) is 5.32 Å². The number of furan rings is 1. The second kappa shape index (κ2) is 3.28. The predicted octanol–water partition coefficient (Wildman–Crippen LogP) is 2.04. The lowest BCUT2D eigenvalue weighted by Gasteiger charge is -2.25. The highest BCUT2D eigenvalue weighted by Gasteiger charge is 2.20. The molecule has 0 spiro atoms. The largest absolute Gasteiger partial charge is 0.465 e. The summed E-state index contributed by atoms with van der Waals surface area (Å²) in [5, 5.41) is 3.28. The van der Waals surface area contributed by atoms with Gasteiger partial charge in [-0.1, -0.05) is 0 Å². The zero-order valence-corrected chi connectivity index (χ0v) is 7.28. The van der Waals surface area contributed by atoms with Crippen LogP contribution >= 0.6 is 12.4 Å². The topological polar surface area (TPSA) is 25.2 Å². The molecule has 0 aliphatic carbocycles. The average Bonchev–Trinajstić information content (AvgIpc) is 2.10. The first-order valence-electron chi connectivity index (χ1n) is 3.66. The van der Waals surface area contributed by atoms with Crippen LogP contribution < -0.4 is 5.32 Å². The normalized spacial score (nSPS) is 22.1. The summed E-state index contributed by atoms with van der Waals surface area (Å²) in [7, 11) is 0. The van der Waals surface area contributed by atoms with E-state index in [-0.39, 0.29) is 12.4 Å².